The van der Waals surface area contributed by atoms with Crippen molar-refractivity contribution in [3.63, 3.8) is 0 Å². The number of sulfone groups is 1. The molecule has 1 amide bonds. The van der Waals surface area contributed by atoms with Crippen molar-refractivity contribution in [2.24, 2.45) is 0 Å². The molecule has 0 spiro atoms. The monoisotopic (exact) mass is 394 g/mol. The summed E-state index contributed by atoms with van der Waals surface area (Å²) in [5.41, 5.74) is 1.28. The molecular formula is C19H20F2N2O3S. The molecule has 27 heavy (non-hydrogen) atoms. The van der Waals surface area contributed by atoms with Crippen LogP contribution >= 0.6 is 0 Å². The van der Waals surface area contributed by atoms with Crippen LogP contribution in [-0.4, -0.2) is 56.6 Å². The van der Waals surface area contributed by atoms with E-state index in [9.17, 15) is 22.0 Å². The molecule has 1 saturated heterocycles. The van der Waals surface area contributed by atoms with Crippen LogP contribution in [0.5, 0.6) is 0 Å². The summed E-state index contributed by atoms with van der Waals surface area (Å²) in [4.78, 5) is 16.4. The van der Waals surface area contributed by atoms with Crippen LogP contribution in [0.3, 0.4) is 0 Å². The second kappa shape index (κ2) is 7.74. The van der Waals surface area contributed by atoms with Crippen LogP contribution in [0.2, 0.25) is 0 Å². The minimum Gasteiger partial charge on any atom is -0.329 e. The molecule has 3 rings (SSSR count). The minimum absolute atomic E-state index is 0.137. The van der Waals surface area contributed by atoms with Gasteiger partial charge in [-0.15, -0.1) is 0 Å². The van der Waals surface area contributed by atoms with Gasteiger partial charge in [-0.3, -0.25) is 4.79 Å². The number of carbonyl (C=O) groups excluding carboxylic acids is 1. The zero-order chi connectivity index (χ0) is 19.6. The highest BCUT2D eigenvalue weighted by Crippen LogP contribution is 2.27. The average molecular weight is 394 g/mol. The summed E-state index contributed by atoms with van der Waals surface area (Å²) in [6, 6.07) is 14.2. The Bertz CT molecular complexity index is 902. The molecule has 1 atom stereocenters. The number of likely N-dealkylation sites (N-methyl/N-ethyl adjacent to an activating group) is 1. The van der Waals surface area contributed by atoms with Crippen LogP contribution in [-0.2, 0) is 9.84 Å². The van der Waals surface area contributed by atoms with Gasteiger partial charge in [-0.25, -0.2) is 8.42 Å². The maximum absolute atomic E-state index is 13.0. The van der Waals surface area contributed by atoms with Crippen LogP contribution < -0.4 is 0 Å². The van der Waals surface area contributed by atoms with Crippen molar-refractivity contribution in [3.8, 4) is 0 Å². The fourth-order valence-corrected chi connectivity index (χ4v) is 3.90. The highest BCUT2D eigenvalue weighted by molar-refractivity contribution is 7.91. The predicted octanol–water partition coefficient (Wildman–Crippen LogP) is 2.81. The molecule has 0 N–H and O–H groups in total. The van der Waals surface area contributed by atoms with Crippen molar-refractivity contribution in [2.75, 3.05) is 26.7 Å². The molecule has 8 heteroatoms. The van der Waals surface area contributed by atoms with E-state index in [1.807, 2.05) is 37.4 Å². The SMILES string of the molecule is CN1CCN(C(=O)c2ccc(S(=O)(=O)C(F)F)cc2)C(c2ccccc2)C1. The Balaban J connectivity index is 1.87. The van der Waals surface area contributed by atoms with E-state index in [4.69, 9.17) is 0 Å². The molecule has 1 aliphatic heterocycles. The van der Waals surface area contributed by atoms with E-state index in [0.717, 1.165) is 17.7 Å². The molecule has 1 heterocycles. The molecular weight excluding hydrogens is 374 g/mol. The molecule has 0 saturated carbocycles. The third-order valence-electron chi connectivity index (χ3n) is 4.69. The van der Waals surface area contributed by atoms with E-state index in [1.165, 1.54) is 12.1 Å². The normalized spacial score (nSPS) is 18.7. The van der Waals surface area contributed by atoms with Gasteiger partial charge in [0.1, 0.15) is 0 Å². The molecule has 0 radical (unpaired) electrons. The van der Waals surface area contributed by atoms with Gasteiger partial charge in [0.2, 0.25) is 9.84 Å². The summed E-state index contributed by atoms with van der Waals surface area (Å²) in [5.74, 6) is -3.74. The van der Waals surface area contributed by atoms with E-state index >= 15 is 0 Å². The summed E-state index contributed by atoms with van der Waals surface area (Å²) < 4.78 is 48.4. The van der Waals surface area contributed by atoms with Gasteiger partial charge >= 0.3 is 5.76 Å². The Labute approximate surface area is 157 Å². The molecule has 144 valence electrons. The number of hydrogen-bond donors (Lipinski definition) is 0. The molecule has 1 fully saturated rings. The van der Waals surface area contributed by atoms with Crippen molar-refractivity contribution in [3.05, 3.63) is 65.7 Å². The summed E-state index contributed by atoms with van der Waals surface area (Å²) >= 11 is 0. The molecule has 0 aromatic heterocycles. The number of rotatable bonds is 4. The molecule has 0 bridgehead atoms. The standard InChI is InChI=1S/C19H20F2N2O3S/c1-22-11-12-23(17(13-22)14-5-3-2-4-6-14)18(24)15-7-9-16(10-8-15)27(25,26)19(20)21/h2-10,17,19H,11-13H2,1H3. The first kappa shape index (κ1) is 19.4. The maximum atomic E-state index is 13.0. The zero-order valence-corrected chi connectivity index (χ0v) is 15.6. The topological polar surface area (TPSA) is 57.7 Å². The lowest BCUT2D eigenvalue weighted by Gasteiger charge is -2.40. The second-order valence-corrected chi connectivity index (χ2v) is 8.44. The smallest absolute Gasteiger partial charge is 0.329 e. The molecule has 0 aliphatic carbocycles. The Morgan fingerprint density at radius 3 is 2.26 bits per heavy atom. The summed E-state index contributed by atoms with van der Waals surface area (Å²) in [5, 5.41) is 0. The molecule has 2 aromatic rings. The van der Waals surface area contributed by atoms with Gasteiger partial charge in [0.15, 0.2) is 0 Å². The first-order valence-electron chi connectivity index (χ1n) is 8.47. The van der Waals surface area contributed by atoms with Crippen LogP contribution in [0.1, 0.15) is 22.0 Å². The van der Waals surface area contributed by atoms with Gasteiger partial charge in [0.05, 0.1) is 10.9 Å². The van der Waals surface area contributed by atoms with Crippen LogP contribution in [0.15, 0.2) is 59.5 Å². The molecule has 5 nitrogen and oxygen atoms in total. The number of carbonyl (C=O) groups is 1. The first-order chi connectivity index (χ1) is 12.8. The largest absolute Gasteiger partial charge is 0.341 e. The van der Waals surface area contributed by atoms with Crippen molar-refractivity contribution in [1.82, 2.24) is 9.80 Å². The van der Waals surface area contributed by atoms with Gasteiger partial charge in [0, 0.05) is 25.2 Å². The second-order valence-electron chi connectivity index (χ2n) is 6.52. The van der Waals surface area contributed by atoms with Gasteiger partial charge in [-0.2, -0.15) is 8.78 Å². The summed E-state index contributed by atoms with van der Waals surface area (Å²) in [6.07, 6.45) is 0. The fourth-order valence-electron chi connectivity index (χ4n) is 3.18. The molecule has 2 aromatic carbocycles. The van der Waals surface area contributed by atoms with Crippen molar-refractivity contribution < 1.29 is 22.0 Å². The number of benzene rings is 2. The minimum atomic E-state index is -4.67. The lowest BCUT2D eigenvalue weighted by atomic mass is 10.0. The number of alkyl halides is 2. The fraction of sp³-hybridized carbons (Fsp3) is 0.316. The third-order valence-corrected chi connectivity index (χ3v) is 6.09. The number of hydrogen-bond acceptors (Lipinski definition) is 4. The van der Waals surface area contributed by atoms with E-state index < -0.39 is 20.5 Å². The Morgan fingerprint density at radius 1 is 1.04 bits per heavy atom. The predicted molar refractivity (Wildman–Crippen MR) is 97.3 cm³/mol. The van der Waals surface area contributed by atoms with Gasteiger partial charge in [-0.1, -0.05) is 30.3 Å². The van der Waals surface area contributed by atoms with Gasteiger partial charge in [-0.05, 0) is 36.9 Å². The van der Waals surface area contributed by atoms with E-state index in [2.05, 4.69) is 4.90 Å². The lowest BCUT2D eigenvalue weighted by Crippen LogP contribution is -2.49. The highest BCUT2D eigenvalue weighted by Gasteiger charge is 2.31. The van der Waals surface area contributed by atoms with Gasteiger partial charge in [0.25, 0.3) is 5.91 Å². The quantitative estimate of drug-likeness (QED) is 0.800. The lowest BCUT2D eigenvalue weighted by molar-refractivity contribution is 0.0498. The third kappa shape index (κ3) is 4.01. The van der Waals surface area contributed by atoms with Crippen molar-refractivity contribution >= 4 is 15.7 Å². The Kier molecular flexibility index (Phi) is 5.57. The van der Waals surface area contributed by atoms with Crippen LogP contribution in [0.4, 0.5) is 8.78 Å². The Morgan fingerprint density at radius 2 is 1.67 bits per heavy atom. The highest BCUT2D eigenvalue weighted by atomic mass is 32.2. The summed E-state index contributed by atoms with van der Waals surface area (Å²) in [7, 11) is -2.68. The Hall–Kier alpha value is -2.32. The van der Waals surface area contributed by atoms with Crippen LogP contribution in [0.25, 0.3) is 0 Å². The number of halogens is 2. The first-order valence-corrected chi connectivity index (χ1v) is 10.0. The number of piperazine rings is 1. The van der Waals surface area contributed by atoms with Crippen molar-refractivity contribution in [1.29, 1.82) is 0 Å². The molecule has 1 aliphatic rings. The zero-order valence-electron chi connectivity index (χ0n) is 14.8. The van der Waals surface area contributed by atoms with Crippen molar-refractivity contribution in [2.45, 2.75) is 16.7 Å². The average Bonchev–Trinajstić information content (AvgIpc) is 2.68. The maximum Gasteiger partial charge on any atom is 0.341 e. The molecule has 1 unspecified atom stereocenters. The number of amides is 1. The number of nitrogens with zero attached hydrogens (tertiary/aromatic N) is 2. The van der Waals surface area contributed by atoms with E-state index in [-0.39, 0.29) is 17.5 Å². The van der Waals surface area contributed by atoms with Crippen LogP contribution in [0, 0.1) is 0 Å². The summed E-state index contributed by atoms with van der Waals surface area (Å²) in [6.45, 7) is 1.91. The van der Waals surface area contributed by atoms with Gasteiger partial charge < -0.3 is 9.80 Å². The van der Waals surface area contributed by atoms with E-state index in [1.54, 1.807) is 4.90 Å². The van der Waals surface area contributed by atoms with E-state index in [0.29, 0.717) is 19.6 Å².